The van der Waals surface area contributed by atoms with E-state index < -0.39 is 17.4 Å². The third kappa shape index (κ3) is 3.28. The molecule has 5 nitrogen and oxygen atoms in total. The SMILES string of the molecule is CC(C)COC(=O)[C@H]1[C@H]2C(=O)N(C(c3ccccc3)c3ccccc3)C[C@@]23C=C[C@H]1O3. The van der Waals surface area contributed by atoms with Gasteiger partial charge in [-0.2, -0.15) is 0 Å². The van der Waals surface area contributed by atoms with Crippen molar-refractivity contribution >= 4 is 11.9 Å². The minimum Gasteiger partial charge on any atom is -0.465 e. The number of likely N-dealkylation sites (tertiary alicyclic amines) is 1. The lowest BCUT2D eigenvalue weighted by Crippen LogP contribution is -2.40. The molecule has 3 aliphatic rings. The highest BCUT2D eigenvalue weighted by Gasteiger charge is 2.68. The zero-order chi connectivity index (χ0) is 21.6. The van der Waals surface area contributed by atoms with Crippen LogP contribution in [0.3, 0.4) is 0 Å². The Balaban J connectivity index is 1.50. The zero-order valence-electron chi connectivity index (χ0n) is 17.8. The summed E-state index contributed by atoms with van der Waals surface area (Å²) in [4.78, 5) is 28.6. The van der Waals surface area contributed by atoms with Crippen molar-refractivity contribution < 1.29 is 19.1 Å². The van der Waals surface area contributed by atoms with Gasteiger partial charge >= 0.3 is 5.97 Å². The molecule has 0 N–H and O–H groups in total. The van der Waals surface area contributed by atoms with Gasteiger partial charge in [-0.05, 0) is 17.0 Å². The van der Waals surface area contributed by atoms with Gasteiger partial charge in [0.1, 0.15) is 11.5 Å². The number of hydrogen-bond acceptors (Lipinski definition) is 4. The fourth-order valence-electron chi connectivity index (χ4n) is 5.18. The maximum absolute atomic E-state index is 13.8. The Hall–Kier alpha value is -2.92. The summed E-state index contributed by atoms with van der Waals surface area (Å²) in [5, 5.41) is 0. The fourth-order valence-corrected chi connectivity index (χ4v) is 5.18. The van der Waals surface area contributed by atoms with E-state index in [1.807, 2.05) is 91.6 Å². The van der Waals surface area contributed by atoms with Crippen molar-refractivity contribution in [3.63, 3.8) is 0 Å². The summed E-state index contributed by atoms with van der Waals surface area (Å²) in [7, 11) is 0. The number of hydrogen-bond donors (Lipinski definition) is 0. The van der Waals surface area contributed by atoms with Gasteiger partial charge in [0.05, 0.1) is 31.2 Å². The van der Waals surface area contributed by atoms with Crippen LogP contribution in [0, 0.1) is 17.8 Å². The van der Waals surface area contributed by atoms with E-state index in [-0.39, 0.29) is 29.9 Å². The molecule has 31 heavy (non-hydrogen) atoms. The van der Waals surface area contributed by atoms with E-state index >= 15 is 0 Å². The molecule has 0 saturated carbocycles. The fraction of sp³-hybridized carbons (Fsp3) is 0.385. The maximum atomic E-state index is 13.8. The second kappa shape index (κ2) is 7.65. The van der Waals surface area contributed by atoms with Gasteiger partial charge in [-0.1, -0.05) is 86.7 Å². The lowest BCUT2D eigenvalue weighted by Gasteiger charge is -2.31. The van der Waals surface area contributed by atoms with Gasteiger partial charge in [0.15, 0.2) is 0 Å². The number of carbonyl (C=O) groups excluding carboxylic acids is 2. The van der Waals surface area contributed by atoms with Gasteiger partial charge < -0.3 is 14.4 Å². The second-order valence-electron chi connectivity index (χ2n) is 9.11. The van der Waals surface area contributed by atoms with Crippen molar-refractivity contribution in [3.8, 4) is 0 Å². The Morgan fingerprint density at radius 3 is 2.29 bits per heavy atom. The molecule has 1 amide bonds. The highest BCUT2D eigenvalue weighted by molar-refractivity contribution is 5.91. The Morgan fingerprint density at radius 1 is 1.10 bits per heavy atom. The number of rotatable bonds is 6. The largest absolute Gasteiger partial charge is 0.465 e. The predicted octanol–water partition coefficient (Wildman–Crippen LogP) is 3.76. The van der Waals surface area contributed by atoms with Crippen LogP contribution in [-0.4, -0.2) is 41.6 Å². The molecule has 3 aliphatic heterocycles. The summed E-state index contributed by atoms with van der Waals surface area (Å²) in [6.07, 6.45) is 3.52. The van der Waals surface area contributed by atoms with Gasteiger partial charge in [0, 0.05) is 0 Å². The molecule has 1 spiro atoms. The average Bonchev–Trinajstić information content (AvgIpc) is 3.42. The molecule has 160 valence electrons. The number of carbonyl (C=O) groups is 2. The molecular weight excluding hydrogens is 390 g/mol. The molecule has 0 radical (unpaired) electrons. The predicted molar refractivity (Wildman–Crippen MR) is 116 cm³/mol. The van der Waals surface area contributed by atoms with Crippen LogP contribution in [0.4, 0.5) is 0 Å². The first kappa shape index (κ1) is 20.0. The first-order chi connectivity index (χ1) is 15.0. The minimum absolute atomic E-state index is 0.0453. The van der Waals surface area contributed by atoms with Crippen molar-refractivity contribution in [2.75, 3.05) is 13.2 Å². The average molecular weight is 418 g/mol. The third-order valence-corrected chi connectivity index (χ3v) is 6.50. The first-order valence-electron chi connectivity index (χ1n) is 10.9. The number of nitrogens with zero attached hydrogens (tertiary/aromatic N) is 1. The Kier molecular flexibility index (Phi) is 4.94. The molecule has 2 aromatic carbocycles. The van der Waals surface area contributed by atoms with Crippen LogP contribution in [0.5, 0.6) is 0 Å². The molecule has 5 heteroatoms. The summed E-state index contributed by atoms with van der Waals surface area (Å²) in [6.45, 7) is 4.77. The Labute approximate surface area is 182 Å². The van der Waals surface area contributed by atoms with Crippen LogP contribution in [0.2, 0.25) is 0 Å². The minimum atomic E-state index is -0.759. The van der Waals surface area contributed by atoms with E-state index in [2.05, 4.69) is 0 Å². The van der Waals surface area contributed by atoms with Crippen LogP contribution in [-0.2, 0) is 19.1 Å². The molecule has 2 bridgehead atoms. The Morgan fingerprint density at radius 2 is 1.71 bits per heavy atom. The lowest BCUT2D eigenvalue weighted by molar-refractivity contribution is -0.155. The molecule has 4 atom stereocenters. The lowest BCUT2D eigenvalue weighted by atomic mass is 9.77. The molecule has 2 fully saturated rings. The summed E-state index contributed by atoms with van der Waals surface area (Å²) < 4.78 is 11.8. The van der Waals surface area contributed by atoms with Crippen LogP contribution in [0.1, 0.15) is 31.0 Å². The van der Waals surface area contributed by atoms with Crippen LogP contribution in [0.25, 0.3) is 0 Å². The molecule has 5 rings (SSSR count). The first-order valence-corrected chi connectivity index (χ1v) is 10.9. The Bertz CT molecular complexity index is 963. The van der Waals surface area contributed by atoms with Crippen molar-refractivity contribution in [1.29, 1.82) is 0 Å². The van der Waals surface area contributed by atoms with Crippen molar-refractivity contribution in [1.82, 2.24) is 4.90 Å². The topological polar surface area (TPSA) is 55.8 Å². The van der Waals surface area contributed by atoms with Gasteiger partial charge in [-0.3, -0.25) is 9.59 Å². The standard InChI is InChI=1S/C26H27NO4/c1-17(2)15-30-25(29)21-20-13-14-26(31-20)16-27(24(28)22(21)26)23(18-9-5-3-6-10-18)19-11-7-4-8-12-19/h3-14,17,20-23H,15-16H2,1-2H3/t20-,21-,22+,26+/m1/s1. The molecular formula is C26H27NO4. The quantitative estimate of drug-likeness (QED) is 0.531. The van der Waals surface area contributed by atoms with Crippen LogP contribution >= 0.6 is 0 Å². The van der Waals surface area contributed by atoms with Crippen molar-refractivity contribution in [2.45, 2.75) is 31.6 Å². The smallest absolute Gasteiger partial charge is 0.312 e. The maximum Gasteiger partial charge on any atom is 0.312 e. The molecule has 2 saturated heterocycles. The van der Waals surface area contributed by atoms with Gasteiger partial charge in [-0.25, -0.2) is 0 Å². The van der Waals surface area contributed by atoms with Gasteiger partial charge in [0.2, 0.25) is 5.91 Å². The van der Waals surface area contributed by atoms with Crippen molar-refractivity contribution in [3.05, 3.63) is 83.9 Å². The monoisotopic (exact) mass is 417 g/mol. The summed E-state index contributed by atoms with van der Waals surface area (Å²) in [5.41, 5.74) is 1.32. The number of benzene rings is 2. The number of esters is 1. The van der Waals surface area contributed by atoms with Crippen LogP contribution < -0.4 is 0 Å². The zero-order valence-corrected chi connectivity index (χ0v) is 17.8. The highest BCUT2D eigenvalue weighted by atomic mass is 16.6. The number of ether oxygens (including phenoxy) is 2. The molecule has 0 unspecified atom stereocenters. The molecule has 0 aliphatic carbocycles. The van der Waals surface area contributed by atoms with Crippen LogP contribution in [0.15, 0.2) is 72.8 Å². The molecule has 2 aromatic rings. The summed E-state index contributed by atoms with van der Waals surface area (Å²) in [6, 6.07) is 19.8. The molecule has 3 heterocycles. The van der Waals surface area contributed by atoms with E-state index in [4.69, 9.17) is 9.47 Å². The highest BCUT2D eigenvalue weighted by Crippen LogP contribution is 2.54. The number of amides is 1. The van der Waals surface area contributed by atoms with Gasteiger partial charge in [0.25, 0.3) is 0 Å². The molecule has 0 aromatic heterocycles. The van der Waals surface area contributed by atoms with E-state index in [1.54, 1.807) is 0 Å². The van der Waals surface area contributed by atoms with Gasteiger partial charge in [-0.15, -0.1) is 0 Å². The normalized spacial score (nSPS) is 28.6. The van der Waals surface area contributed by atoms with Crippen molar-refractivity contribution in [2.24, 2.45) is 17.8 Å². The second-order valence-corrected chi connectivity index (χ2v) is 9.11. The van der Waals surface area contributed by atoms with E-state index in [9.17, 15) is 9.59 Å². The van der Waals surface area contributed by atoms with E-state index in [1.165, 1.54) is 0 Å². The van der Waals surface area contributed by atoms with E-state index in [0.717, 1.165) is 11.1 Å². The summed E-state index contributed by atoms with van der Waals surface area (Å²) in [5.74, 6) is -1.27. The van der Waals surface area contributed by atoms with E-state index in [0.29, 0.717) is 13.2 Å². The number of fused-ring (bicyclic) bond motifs is 1. The third-order valence-electron chi connectivity index (χ3n) is 6.50. The summed E-state index contributed by atoms with van der Waals surface area (Å²) >= 11 is 0.